The van der Waals surface area contributed by atoms with Crippen LogP contribution >= 0.6 is 11.8 Å². The molecule has 1 fully saturated rings. The Kier molecular flexibility index (Phi) is 9.03. The van der Waals surface area contributed by atoms with Gasteiger partial charge < -0.3 is 15.0 Å². The highest BCUT2D eigenvalue weighted by molar-refractivity contribution is 8.00. The zero-order chi connectivity index (χ0) is 24.5. The van der Waals surface area contributed by atoms with Crippen LogP contribution in [0.2, 0.25) is 0 Å². The van der Waals surface area contributed by atoms with Gasteiger partial charge >= 0.3 is 5.97 Å². The number of hydrogen-bond donors (Lipinski definition) is 1. The number of hydrogen-bond acceptors (Lipinski definition) is 7. The molecule has 0 radical (unpaired) electrons. The Morgan fingerprint density at radius 2 is 1.76 bits per heavy atom. The second-order valence-corrected chi connectivity index (χ2v) is 9.03. The summed E-state index contributed by atoms with van der Waals surface area (Å²) < 4.78 is 5.15. The van der Waals surface area contributed by atoms with Crippen molar-refractivity contribution in [3.05, 3.63) is 64.2 Å². The molecular formula is C24H27N3O6S. The van der Waals surface area contributed by atoms with Crippen LogP contribution in [0.5, 0.6) is 0 Å². The fourth-order valence-corrected chi connectivity index (χ4v) is 4.71. The van der Waals surface area contributed by atoms with Crippen molar-refractivity contribution in [2.45, 2.75) is 43.0 Å². The summed E-state index contributed by atoms with van der Waals surface area (Å²) in [5.74, 6) is -1.02. The van der Waals surface area contributed by atoms with Crippen LogP contribution in [0.25, 0.3) is 0 Å². The van der Waals surface area contributed by atoms with E-state index in [0.717, 1.165) is 25.7 Å². The molecule has 0 atom stereocenters. The van der Waals surface area contributed by atoms with E-state index in [9.17, 15) is 24.5 Å². The standard InChI is InChI=1S/C24H27N3O6S/c1-26(18-7-3-2-4-8-18)23(29)16-34-21-10-6-5-9-20(21)24(30)33-15-22(28)25-17-11-13-19(14-12-17)27(31)32/h5-6,9-14,18H,2-4,7-8,15-16H2,1H3,(H,25,28). The molecule has 3 rings (SSSR count). The van der Waals surface area contributed by atoms with Gasteiger partial charge in [0.25, 0.3) is 11.6 Å². The van der Waals surface area contributed by atoms with Crippen molar-refractivity contribution in [1.29, 1.82) is 0 Å². The van der Waals surface area contributed by atoms with Crippen molar-refractivity contribution in [3.8, 4) is 0 Å². The normalized spacial score (nSPS) is 13.7. The summed E-state index contributed by atoms with van der Waals surface area (Å²) in [5, 5.41) is 13.2. The summed E-state index contributed by atoms with van der Waals surface area (Å²) in [6, 6.07) is 12.4. The maximum atomic E-state index is 12.6. The fourth-order valence-electron chi connectivity index (χ4n) is 3.75. The summed E-state index contributed by atoms with van der Waals surface area (Å²) in [4.78, 5) is 49.9. The molecule has 9 nitrogen and oxygen atoms in total. The van der Waals surface area contributed by atoms with Gasteiger partial charge in [-0.25, -0.2) is 4.79 Å². The third-order valence-corrected chi connectivity index (χ3v) is 6.73. The quantitative estimate of drug-likeness (QED) is 0.244. The summed E-state index contributed by atoms with van der Waals surface area (Å²) >= 11 is 1.27. The number of ether oxygens (including phenoxy) is 1. The van der Waals surface area contributed by atoms with Crippen molar-refractivity contribution in [3.63, 3.8) is 0 Å². The first-order chi connectivity index (χ1) is 16.3. The monoisotopic (exact) mass is 485 g/mol. The van der Waals surface area contributed by atoms with Crippen LogP contribution in [0, 0.1) is 10.1 Å². The van der Waals surface area contributed by atoms with E-state index in [1.54, 1.807) is 24.3 Å². The fraction of sp³-hybridized carbons (Fsp3) is 0.375. The Labute approximate surface area is 202 Å². The number of benzene rings is 2. The van der Waals surface area contributed by atoms with Crippen LogP contribution in [-0.4, -0.2) is 53.1 Å². The van der Waals surface area contributed by atoms with Crippen LogP contribution in [0.4, 0.5) is 11.4 Å². The van der Waals surface area contributed by atoms with Gasteiger partial charge in [0.05, 0.1) is 16.2 Å². The molecule has 1 saturated carbocycles. The molecule has 0 unspecified atom stereocenters. The van der Waals surface area contributed by atoms with Crippen molar-refractivity contribution in [1.82, 2.24) is 4.90 Å². The van der Waals surface area contributed by atoms with E-state index < -0.39 is 23.4 Å². The zero-order valence-electron chi connectivity index (χ0n) is 18.9. The molecule has 2 aromatic carbocycles. The number of nitro groups is 1. The molecule has 1 N–H and O–H groups in total. The van der Waals surface area contributed by atoms with Crippen molar-refractivity contribution in [2.75, 3.05) is 24.7 Å². The van der Waals surface area contributed by atoms with E-state index in [1.165, 1.54) is 42.4 Å². The maximum absolute atomic E-state index is 12.6. The van der Waals surface area contributed by atoms with E-state index in [-0.39, 0.29) is 29.0 Å². The number of rotatable bonds is 9. The van der Waals surface area contributed by atoms with Crippen molar-refractivity contribution >= 4 is 40.9 Å². The van der Waals surface area contributed by atoms with Crippen LogP contribution in [0.3, 0.4) is 0 Å². The minimum Gasteiger partial charge on any atom is -0.452 e. The molecule has 0 aromatic heterocycles. The average molecular weight is 486 g/mol. The molecule has 2 amide bonds. The molecule has 180 valence electrons. The number of amides is 2. The number of non-ortho nitro benzene ring substituents is 1. The SMILES string of the molecule is CN(C(=O)CSc1ccccc1C(=O)OCC(=O)Nc1ccc([N+](=O)[O-])cc1)C1CCCCC1. The Bertz CT molecular complexity index is 1040. The van der Waals surface area contributed by atoms with Gasteiger partial charge in [0.1, 0.15) is 0 Å². The highest BCUT2D eigenvalue weighted by Gasteiger charge is 2.23. The van der Waals surface area contributed by atoms with Crippen LogP contribution in [-0.2, 0) is 14.3 Å². The minimum absolute atomic E-state index is 0.0162. The first-order valence-electron chi connectivity index (χ1n) is 11.0. The first kappa shape index (κ1) is 25.2. The van der Waals surface area contributed by atoms with Gasteiger partial charge in [0.15, 0.2) is 6.61 Å². The predicted molar refractivity (Wildman–Crippen MR) is 129 cm³/mol. The predicted octanol–water partition coefficient (Wildman–Crippen LogP) is 4.27. The molecule has 1 aliphatic carbocycles. The van der Waals surface area contributed by atoms with Gasteiger partial charge in [0, 0.05) is 35.8 Å². The van der Waals surface area contributed by atoms with Crippen LogP contribution in [0.15, 0.2) is 53.4 Å². The number of thioether (sulfide) groups is 1. The summed E-state index contributed by atoms with van der Waals surface area (Å²) in [7, 11) is 1.84. The van der Waals surface area contributed by atoms with Crippen molar-refractivity contribution < 1.29 is 24.0 Å². The molecule has 0 saturated heterocycles. The van der Waals surface area contributed by atoms with Gasteiger partial charge in [-0.2, -0.15) is 0 Å². The second-order valence-electron chi connectivity index (χ2n) is 8.01. The lowest BCUT2D eigenvalue weighted by Gasteiger charge is -2.31. The highest BCUT2D eigenvalue weighted by Crippen LogP contribution is 2.26. The van der Waals surface area contributed by atoms with Gasteiger partial charge in [-0.05, 0) is 37.1 Å². The molecule has 2 aromatic rings. The number of esters is 1. The number of nitro benzene ring substituents is 1. The molecule has 34 heavy (non-hydrogen) atoms. The smallest absolute Gasteiger partial charge is 0.339 e. The van der Waals surface area contributed by atoms with Gasteiger partial charge in [-0.1, -0.05) is 31.4 Å². The molecule has 0 aliphatic heterocycles. The molecule has 0 heterocycles. The lowest BCUT2D eigenvalue weighted by molar-refractivity contribution is -0.384. The first-order valence-corrected chi connectivity index (χ1v) is 12.0. The molecule has 10 heteroatoms. The lowest BCUT2D eigenvalue weighted by atomic mass is 9.94. The van der Waals surface area contributed by atoms with Crippen molar-refractivity contribution in [2.24, 2.45) is 0 Å². The Morgan fingerprint density at radius 3 is 2.44 bits per heavy atom. The minimum atomic E-state index is -0.671. The number of anilines is 1. The molecule has 1 aliphatic rings. The summed E-state index contributed by atoms with van der Waals surface area (Å²) in [6.07, 6.45) is 5.55. The third-order valence-electron chi connectivity index (χ3n) is 5.67. The third kappa shape index (κ3) is 7.05. The summed E-state index contributed by atoms with van der Waals surface area (Å²) in [6.45, 7) is -0.516. The largest absolute Gasteiger partial charge is 0.452 e. The van der Waals surface area contributed by atoms with Gasteiger partial charge in [-0.15, -0.1) is 11.8 Å². The Balaban J connectivity index is 1.51. The number of nitrogens with one attached hydrogen (secondary N) is 1. The molecule has 0 spiro atoms. The topological polar surface area (TPSA) is 119 Å². The van der Waals surface area contributed by atoms with Gasteiger partial charge in [-0.3, -0.25) is 19.7 Å². The Hall–Kier alpha value is -3.40. The van der Waals surface area contributed by atoms with E-state index in [4.69, 9.17) is 4.74 Å². The number of carbonyl (C=O) groups excluding carboxylic acids is 3. The Morgan fingerprint density at radius 1 is 1.09 bits per heavy atom. The zero-order valence-corrected chi connectivity index (χ0v) is 19.7. The second kappa shape index (κ2) is 12.2. The highest BCUT2D eigenvalue weighted by atomic mass is 32.2. The van der Waals surface area contributed by atoms with Gasteiger partial charge in [0.2, 0.25) is 5.91 Å². The molecule has 0 bridgehead atoms. The number of carbonyl (C=O) groups is 3. The molecular weight excluding hydrogens is 458 g/mol. The van der Waals surface area contributed by atoms with E-state index in [1.807, 2.05) is 11.9 Å². The van der Waals surface area contributed by atoms with E-state index in [0.29, 0.717) is 10.6 Å². The van der Waals surface area contributed by atoms with Crippen LogP contribution < -0.4 is 5.32 Å². The van der Waals surface area contributed by atoms with Crippen LogP contribution in [0.1, 0.15) is 42.5 Å². The maximum Gasteiger partial charge on any atom is 0.339 e. The average Bonchev–Trinajstić information content (AvgIpc) is 2.86. The number of nitrogens with zero attached hydrogens (tertiary/aromatic N) is 2. The van der Waals surface area contributed by atoms with E-state index in [2.05, 4.69) is 5.32 Å². The lowest BCUT2D eigenvalue weighted by Crippen LogP contribution is -2.39. The van der Waals surface area contributed by atoms with E-state index >= 15 is 0 Å². The summed E-state index contributed by atoms with van der Waals surface area (Å²) in [5.41, 5.74) is 0.536.